The molecule has 8 nitrogen and oxygen atoms in total. The van der Waals surface area contributed by atoms with Gasteiger partial charge < -0.3 is 5.32 Å². The van der Waals surface area contributed by atoms with Crippen molar-refractivity contribution in [1.82, 2.24) is 9.78 Å². The van der Waals surface area contributed by atoms with Crippen LogP contribution in [0.15, 0.2) is 22.7 Å². The highest BCUT2D eigenvalue weighted by Crippen LogP contribution is 2.23. The van der Waals surface area contributed by atoms with Crippen LogP contribution in [0.4, 0.5) is 11.4 Å². The Labute approximate surface area is 152 Å². The second-order valence-corrected chi connectivity index (χ2v) is 6.45. The second-order valence-electron chi connectivity index (χ2n) is 5.66. The van der Waals surface area contributed by atoms with Crippen LogP contribution < -0.4 is 5.32 Å². The van der Waals surface area contributed by atoms with Gasteiger partial charge in [0.25, 0.3) is 5.69 Å². The van der Waals surface area contributed by atoms with Crippen molar-refractivity contribution in [3.05, 3.63) is 49.7 Å². The maximum atomic E-state index is 12.4. The van der Waals surface area contributed by atoms with Crippen LogP contribution in [0.2, 0.25) is 0 Å². The number of rotatable bonds is 5. The average Bonchev–Trinajstić information content (AvgIpc) is 2.81. The molecule has 1 N–H and O–H groups in total. The third kappa shape index (κ3) is 4.03. The summed E-state index contributed by atoms with van der Waals surface area (Å²) in [5, 5.41) is 26.9. The maximum Gasteiger partial charge on any atom is 0.270 e. The normalized spacial score (nSPS) is 11.6. The lowest BCUT2D eigenvalue weighted by Gasteiger charge is -2.14. The number of carbonyl (C=O) groups is 1. The van der Waals surface area contributed by atoms with E-state index in [-0.39, 0.29) is 22.8 Å². The van der Waals surface area contributed by atoms with Crippen LogP contribution in [-0.4, -0.2) is 20.6 Å². The Morgan fingerprint density at radius 1 is 1.52 bits per heavy atom. The molecule has 25 heavy (non-hydrogen) atoms. The molecular formula is C16H16BrN5O3. The molecule has 1 amide bonds. The Morgan fingerprint density at radius 3 is 2.72 bits per heavy atom. The number of carbonyl (C=O) groups excluding carboxylic acids is 1. The van der Waals surface area contributed by atoms with Gasteiger partial charge in [0, 0.05) is 17.8 Å². The third-order valence-corrected chi connectivity index (χ3v) is 4.93. The van der Waals surface area contributed by atoms with Crippen molar-refractivity contribution in [3.63, 3.8) is 0 Å². The van der Waals surface area contributed by atoms with E-state index >= 15 is 0 Å². The van der Waals surface area contributed by atoms with E-state index in [2.05, 4.69) is 26.3 Å². The fraction of sp³-hybridized carbons (Fsp3) is 0.312. The molecule has 2 rings (SSSR count). The molecule has 0 saturated heterocycles. The zero-order valence-corrected chi connectivity index (χ0v) is 15.5. The first-order valence-electron chi connectivity index (χ1n) is 7.43. The number of benzene rings is 1. The molecule has 0 fully saturated rings. The number of nitrogens with zero attached hydrogens (tertiary/aromatic N) is 4. The zero-order valence-electron chi connectivity index (χ0n) is 13.9. The molecule has 2 aromatic rings. The summed E-state index contributed by atoms with van der Waals surface area (Å²) in [4.78, 5) is 22.6. The molecule has 0 radical (unpaired) electrons. The van der Waals surface area contributed by atoms with Crippen molar-refractivity contribution in [3.8, 4) is 6.07 Å². The van der Waals surface area contributed by atoms with Crippen molar-refractivity contribution in [2.45, 2.75) is 27.3 Å². The lowest BCUT2D eigenvalue weighted by atomic mass is 10.1. The van der Waals surface area contributed by atoms with Crippen molar-refractivity contribution in [2.75, 3.05) is 5.32 Å². The minimum absolute atomic E-state index is 0.0450. The van der Waals surface area contributed by atoms with E-state index in [1.807, 2.05) is 19.9 Å². The van der Waals surface area contributed by atoms with Crippen molar-refractivity contribution in [1.29, 1.82) is 5.26 Å². The van der Waals surface area contributed by atoms with E-state index in [0.29, 0.717) is 6.54 Å². The number of aromatic nitrogens is 2. The molecule has 9 heteroatoms. The van der Waals surface area contributed by atoms with E-state index < -0.39 is 10.8 Å². The van der Waals surface area contributed by atoms with Gasteiger partial charge in [0.15, 0.2) is 0 Å². The number of nitro benzene ring substituents is 1. The number of aryl methyl sites for hydroxylation is 1. The van der Waals surface area contributed by atoms with Gasteiger partial charge in [-0.25, -0.2) is 0 Å². The maximum absolute atomic E-state index is 12.4. The lowest BCUT2D eigenvalue weighted by Crippen LogP contribution is -2.25. The number of halogens is 1. The molecule has 0 saturated carbocycles. The molecule has 0 aliphatic carbocycles. The molecule has 0 aliphatic rings. The fourth-order valence-electron chi connectivity index (χ4n) is 2.30. The number of nitrogens with one attached hydrogen (secondary N) is 1. The summed E-state index contributed by atoms with van der Waals surface area (Å²) in [5.41, 5.74) is 1.86. The highest BCUT2D eigenvalue weighted by molar-refractivity contribution is 9.10. The number of nitro groups is 1. The van der Waals surface area contributed by atoms with Crippen molar-refractivity contribution >= 4 is 33.2 Å². The van der Waals surface area contributed by atoms with Crippen LogP contribution in [0.25, 0.3) is 0 Å². The molecular weight excluding hydrogens is 390 g/mol. The highest BCUT2D eigenvalue weighted by atomic mass is 79.9. The predicted molar refractivity (Wildman–Crippen MR) is 95.0 cm³/mol. The van der Waals surface area contributed by atoms with Crippen LogP contribution in [0, 0.1) is 41.2 Å². The summed E-state index contributed by atoms with van der Waals surface area (Å²) in [6.45, 7) is 5.89. The molecule has 1 atom stereocenters. The fourth-order valence-corrected chi connectivity index (χ4v) is 2.58. The van der Waals surface area contributed by atoms with Crippen LogP contribution in [-0.2, 0) is 11.3 Å². The zero-order chi connectivity index (χ0) is 18.7. The minimum Gasteiger partial charge on any atom is -0.325 e. The SMILES string of the molecule is Cc1nn(CC(C)C(=O)Nc2ccc([N+](=O)[O-])cc2C#N)c(C)c1Br. The number of anilines is 1. The molecule has 130 valence electrons. The van der Waals surface area contributed by atoms with Gasteiger partial charge in [-0.2, -0.15) is 10.4 Å². The largest absolute Gasteiger partial charge is 0.325 e. The van der Waals surface area contributed by atoms with Crippen LogP contribution >= 0.6 is 15.9 Å². The van der Waals surface area contributed by atoms with Crippen molar-refractivity contribution < 1.29 is 9.72 Å². The van der Waals surface area contributed by atoms with E-state index in [4.69, 9.17) is 5.26 Å². The quantitative estimate of drug-likeness (QED) is 0.605. The molecule has 1 aromatic heterocycles. The number of hydrogen-bond donors (Lipinski definition) is 1. The second kappa shape index (κ2) is 7.44. The summed E-state index contributed by atoms with van der Waals surface area (Å²) < 4.78 is 2.65. The topological polar surface area (TPSA) is 114 Å². The Morgan fingerprint density at radius 2 is 2.20 bits per heavy atom. The first-order chi connectivity index (χ1) is 11.7. The van der Waals surface area contributed by atoms with Gasteiger partial charge in [-0.15, -0.1) is 0 Å². The first-order valence-corrected chi connectivity index (χ1v) is 8.22. The smallest absolute Gasteiger partial charge is 0.270 e. The Bertz CT molecular complexity index is 885. The average molecular weight is 406 g/mol. The monoisotopic (exact) mass is 405 g/mol. The summed E-state index contributed by atoms with van der Waals surface area (Å²) in [5.74, 6) is -0.708. The van der Waals surface area contributed by atoms with Crippen LogP contribution in [0.3, 0.4) is 0 Å². The Kier molecular flexibility index (Phi) is 5.54. The van der Waals surface area contributed by atoms with Gasteiger partial charge in [-0.05, 0) is 35.8 Å². The van der Waals surface area contributed by atoms with E-state index in [0.717, 1.165) is 21.9 Å². The van der Waals surface area contributed by atoms with Gasteiger partial charge in [-0.1, -0.05) is 6.92 Å². The summed E-state index contributed by atoms with van der Waals surface area (Å²) in [6.07, 6.45) is 0. The number of amides is 1. The molecule has 1 heterocycles. The van der Waals surface area contributed by atoms with Crippen molar-refractivity contribution in [2.24, 2.45) is 5.92 Å². The molecule has 0 aliphatic heterocycles. The summed E-state index contributed by atoms with van der Waals surface area (Å²) in [7, 11) is 0. The summed E-state index contributed by atoms with van der Waals surface area (Å²) in [6, 6.07) is 5.61. The first kappa shape index (κ1) is 18.6. The van der Waals surface area contributed by atoms with Gasteiger partial charge in [-0.3, -0.25) is 19.6 Å². The minimum atomic E-state index is -0.588. The number of nitriles is 1. The van der Waals surface area contributed by atoms with Crippen LogP contribution in [0.5, 0.6) is 0 Å². The molecule has 1 unspecified atom stereocenters. The molecule has 0 spiro atoms. The van der Waals surface area contributed by atoms with Gasteiger partial charge in [0.05, 0.1) is 38.8 Å². The lowest BCUT2D eigenvalue weighted by molar-refractivity contribution is -0.384. The standard InChI is InChI=1S/C16H16BrN5O3/c1-9(8-21-11(3)15(17)10(2)20-21)16(23)19-14-5-4-13(22(24)25)6-12(14)7-18/h4-6,9H,8H2,1-3H3,(H,19,23). The third-order valence-electron chi connectivity index (χ3n) is 3.78. The highest BCUT2D eigenvalue weighted by Gasteiger charge is 2.19. The van der Waals surface area contributed by atoms with Gasteiger partial charge >= 0.3 is 0 Å². The Balaban J connectivity index is 2.15. The predicted octanol–water partition coefficient (Wildman–Crippen LogP) is 3.32. The van der Waals surface area contributed by atoms with E-state index in [1.165, 1.54) is 12.1 Å². The van der Waals surface area contributed by atoms with E-state index in [1.54, 1.807) is 11.6 Å². The number of non-ortho nitro benzene ring substituents is 1. The van der Waals surface area contributed by atoms with E-state index in [9.17, 15) is 14.9 Å². The van der Waals surface area contributed by atoms with Gasteiger partial charge in [0.2, 0.25) is 5.91 Å². The summed E-state index contributed by atoms with van der Waals surface area (Å²) >= 11 is 3.44. The number of hydrogen-bond acceptors (Lipinski definition) is 5. The van der Waals surface area contributed by atoms with Gasteiger partial charge in [0.1, 0.15) is 6.07 Å². The van der Waals surface area contributed by atoms with Crippen LogP contribution in [0.1, 0.15) is 23.9 Å². The molecule has 1 aromatic carbocycles. The Hall–Kier alpha value is -2.73. The molecule has 0 bridgehead atoms.